The van der Waals surface area contributed by atoms with Gasteiger partial charge in [0.15, 0.2) is 0 Å². The van der Waals surface area contributed by atoms with Crippen molar-refractivity contribution in [3.63, 3.8) is 0 Å². The molecule has 19 heavy (non-hydrogen) atoms. The molecule has 0 atom stereocenters. The fourth-order valence-electron chi connectivity index (χ4n) is 2.16. The smallest absolute Gasteiger partial charge is 0.126 e. The van der Waals surface area contributed by atoms with Crippen LogP contribution in [-0.4, -0.2) is 5.11 Å². The summed E-state index contributed by atoms with van der Waals surface area (Å²) in [7, 11) is 0. The lowest BCUT2D eigenvalue weighted by Gasteiger charge is -2.23. The first kappa shape index (κ1) is 13.2. The molecule has 1 N–H and O–H groups in total. The van der Waals surface area contributed by atoms with E-state index in [4.69, 9.17) is 0 Å². The first-order chi connectivity index (χ1) is 9.19. The topological polar surface area (TPSA) is 20.2 Å². The van der Waals surface area contributed by atoms with Crippen molar-refractivity contribution in [3.8, 4) is 0 Å². The van der Waals surface area contributed by atoms with Crippen LogP contribution in [0.5, 0.6) is 0 Å². The number of aliphatic hydroxyl groups excluding tert-OH is 1. The summed E-state index contributed by atoms with van der Waals surface area (Å²) in [6.07, 6.45) is 6.40. The van der Waals surface area contributed by atoms with Crippen LogP contribution in [0.15, 0.2) is 84.2 Å². The molecule has 2 rings (SSSR count). The van der Waals surface area contributed by atoms with Gasteiger partial charge in [-0.1, -0.05) is 61.7 Å². The van der Waals surface area contributed by atoms with Crippen LogP contribution in [0.25, 0.3) is 5.57 Å². The second kappa shape index (κ2) is 5.57. The van der Waals surface area contributed by atoms with Crippen LogP contribution >= 0.6 is 0 Å². The van der Waals surface area contributed by atoms with E-state index in [-0.39, 0.29) is 0 Å². The van der Waals surface area contributed by atoms with E-state index in [9.17, 15) is 5.11 Å². The molecule has 1 aliphatic rings. The van der Waals surface area contributed by atoms with E-state index in [0.717, 1.165) is 34.3 Å². The molecule has 0 saturated carbocycles. The lowest BCUT2D eigenvalue weighted by molar-refractivity contribution is 0.418. The van der Waals surface area contributed by atoms with Crippen molar-refractivity contribution in [1.82, 2.24) is 0 Å². The molecular weight excluding hydrogens is 232 g/mol. The Morgan fingerprint density at radius 1 is 1.26 bits per heavy atom. The largest absolute Gasteiger partial charge is 0.507 e. The molecule has 0 aromatic heterocycles. The Morgan fingerprint density at radius 3 is 2.42 bits per heavy atom. The van der Waals surface area contributed by atoms with Crippen LogP contribution < -0.4 is 0 Å². The highest BCUT2D eigenvalue weighted by Gasteiger charge is 2.22. The van der Waals surface area contributed by atoms with E-state index in [2.05, 4.69) is 19.2 Å². The predicted molar refractivity (Wildman–Crippen MR) is 81.8 cm³/mol. The summed E-state index contributed by atoms with van der Waals surface area (Å²) in [5.41, 5.74) is 4.78. The average Bonchev–Trinajstić information content (AvgIpc) is 2.40. The van der Waals surface area contributed by atoms with Crippen molar-refractivity contribution >= 4 is 5.57 Å². The minimum Gasteiger partial charge on any atom is -0.507 e. The molecule has 0 bridgehead atoms. The van der Waals surface area contributed by atoms with E-state index in [1.54, 1.807) is 6.08 Å². The van der Waals surface area contributed by atoms with Gasteiger partial charge < -0.3 is 5.11 Å². The summed E-state index contributed by atoms with van der Waals surface area (Å²) in [6.45, 7) is 9.74. The molecule has 1 aromatic rings. The molecule has 0 saturated heterocycles. The minimum atomic E-state index is 0.312. The van der Waals surface area contributed by atoms with Gasteiger partial charge >= 0.3 is 0 Å². The number of allylic oxidation sites excluding steroid dienone is 6. The number of aliphatic hydroxyl groups is 1. The Balaban J connectivity index is 2.32. The van der Waals surface area contributed by atoms with Crippen molar-refractivity contribution in [2.24, 2.45) is 0 Å². The number of benzene rings is 1. The van der Waals surface area contributed by atoms with Gasteiger partial charge in [-0.25, -0.2) is 0 Å². The summed E-state index contributed by atoms with van der Waals surface area (Å²) < 4.78 is 0. The quantitative estimate of drug-likeness (QED) is 0.590. The highest BCUT2D eigenvalue weighted by molar-refractivity contribution is 5.85. The third-order valence-corrected chi connectivity index (χ3v) is 3.37. The van der Waals surface area contributed by atoms with Gasteiger partial charge in [0.1, 0.15) is 5.76 Å². The van der Waals surface area contributed by atoms with E-state index in [0.29, 0.717) is 5.76 Å². The van der Waals surface area contributed by atoms with Gasteiger partial charge in [-0.2, -0.15) is 0 Å². The molecule has 1 aliphatic carbocycles. The van der Waals surface area contributed by atoms with Crippen LogP contribution in [-0.2, 0) is 0 Å². The second-order valence-electron chi connectivity index (χ2n) is 4.44. The SMILES string of the molecule is C=CC(=C\C)/C(O)=C1\CC=C1C(=C)c1ccccc1. The Morgan fingerprint density at radius 2 is 1.95 bits per heavy atom. The Labute approximate surface area is 114 Å². The van der Waals surface area contributed by atoms with Gasteiger partial charge in [0.25, 0.3) is 0 Å². The van der Waals surface area contributed by atoms with Crippen molar-refractivity contribution in [2.45, 2.75) is 13.3 Å². The fraction of sp³-hybridized carbons (Fsp3) is 0.111. The maximum atomic E-state index is 10.3. The molecule has 96 valence electrons. The molecule has 0 heterocycles. The van der Waals surface area contributed by atoms with Gasteiger partial charge in [0, 0.05) is 11.1 Å². The van der Waals surface area contributed by atoms with E-state index in [1.807, 2.05) is 43.3 Å². The summed E-state index contributed by atoms with van der Waals surface area (Å²) in [6, 6.07) is 10.0. The molecule has 1 heteroatoms. The minimum absolute atomic E-state index is 0.312. The average molecular weight is 250 g/mol. The summed E-state index contributed by atoms with van der Waals surface area (Å²) >= 11 is 0. The van der Waals surface area contributed by atoms with Gasteiger partial charge in [-0.15, -0.1) is 0 Å². The molecule has 1 nitrogen and oxygen atoms in total. The molecule has 0 fully saturated rings. The Hall–Kier alpha value is -2.28. The zero-order valence-corrected chi connectivity index (χ0v) is 11.2. The lowest BCUT2D eigenvalue weighted by atomic mass is 9.82. The Kier molecular flexibility index (Phi) is 3.86. The lowest BCUT2D eigenvalue weighted by Crippen LogP contribution is -2.06. The van der Waals surface area contributed by atoms with Gasteiger partial charge in [0.05, 0.1) is 0 Å². The summed E-state index contributed by atoms with van der Waals surface area (Å²) in [4.78, 5) is 0. The zero-order chi connectivity index (χ0) is 13.8. The molecule has 0 unspecified atom stereocenters. The summed E-state index contributed by atoms with van der Waals surface area (Å²) in [5.74, 6) is 0.312. The maximum Gasteiger partial charge on any atom is 0.126 e. The van der Waals surface area contributed by atoms with Crippen molar-refractivity contribution in [3.05, 3.63) is 89.8 Å². The second-order valence-corrected chi connectivity index (χ2v) is 4.44. The normalized spacial score (nSPS) is 17.3. The van der Waals surface area contributed by atoms with Crippen LogP contribution in [0, 0.1) is 0 Å². The van der Waals surface area contributed by atoms with Gasteiger partial charge in [-0.3, -0.25) is 0 Å². The molecule has 0 spiro atoms. The maximum absolute atomic E-state index is 10.3. The number of hydrogen-bond donors (Lipinski definition) is 1. The highest BCUT2D eigenvalue weighted by atomic mass is 16.3. The Bertz CT molecular complexity index is 598. The first-order valence-corrected chi connectivity index (χ1v) is 6.35. The molecule has 0 amide bonds. The van der Waals surface area contributed by atoms with Crippen molar-refractivity contribution in [1.29, 1.82) is 0 Å². The predicted octanol–water partition coefficient (Wildman–Crippen LogP) is 4.97. The van der Waals surface area contributed by atoms with Crippen LogP contribution in [0.4, 0.5) is 0 Å². The molecule has 1 aromatic carbocycles. The van der Waals surface area contributed by atoms with E-state index in [1.165, 1.54) is 0 Å². The third kappa shape index (κ3) is 2.45. The van der Waals surface area contributed by atoms with Crippen LogP contribution in [0.1, 0.15) is 18.9 Å². The van der Waals surface area contributed by atoms with Crippen LogP contribution in [0.2, 0.25) is 0 Å². The molecular formula is C18H18O. The third-order valence-electron chi connectivity index (χ3n) is 3.37. The number of hydrogen-bond acceptors (Lipinski definition) is 1. The van der Waals surface area contributed by atoms with Crippen molar-refractivity contribution < 1.29 is 5.11 Å². The molecule has 0 radical (unpaired) electrons. The van der Waals surface area contributed by atoms with E-state index < -0.39 is 0 Å². The zero-order valence-electron chi connectivity index (χ0n) is 11.2. The first-order valence-electron chi connectivity index (χ1n) is 6.35. The van der Waals surface area contributed by atoms with Crippen LogP contribution in [0.3, 0.4) is 0 Å². The fourth-order valence-corrected chi connectivity index (χ4v) is 2.16. The van der Waals surface area contributed by atoms with Gasteiger partial charge in [-0.05, 0) is 30.1 Å². The molecule has 0 aliphatic heterocycles. The van der Waals surface area contributed by atoms with Crippen molar-refractivity contribution in [2.75, 3.05) is 0 Å². The highest BCUT2D eigenvalue weighted by Crippen LogP contribution is 2.39. The monoisotopic (exact) mass is 250 g/mol. The van der Waals surface area contributed by atoms with Gasteiger partial charge in [0.2, 0.25) is 0 Å². The number of rotatable bonds is 4. The van der Waals surface area contributed by atoms with E-state index >= 15 is 0 Å². The summed E-state index contributed by atoms with van der Waals surface area (Å²) in [5, 5.41) is 10.3. The standard InChI is InChI=1S/C18H18O/c1-4-14(5-2)18(19)17-12-11-16(17)13(3)15-9-7-6-8-10-15/h4-11,19H,1,3,12H2,2H3/b14-5+,18-17-.